The SMILES string of the molecule is Cc1ccc(SCC(=O)N(CCC(=O)O)C(C)C)c(C)c1. The second-order valence-corrected chi connectivity index (χ2v) is 6.40. The van der Waals surface area contributed by atoms with Crippen LogP contribution >= 0.6 is 11.8 Å². The van der Waals surface area contributed by atoms with Gasteiger partial charge in [0.15, 0.2) is 0 Å². The van der Waals surface area contributed by atoms with Crippen LogP contribution in [0, 0.1) is 13.8 Å². The van der Waals surface area contributed by atoms with Crippen molar-refractivity contribution in [3.8, 4) is 0 Å². The number of hydrogen-bond acceptors (Lipinski definition) is 3. The molecule has 0 atom stereocenters. The highest BCUT2D eigenvalue weighted by Crippen LogP contribution is 2.23. The van der Waals surface area contributed by atoms with Gasteiger partial charge < -0.3 is 10.0 Å². The molecule has 0 saturated heterocycles. The van der Waals surface area contributed by atoms with E-state index in [0.29, 0.717) is 5.75 Å². The minimum absolute atomic E-state index is 0.0107. The largest absolute Gasteiger partial charge is 0.481 e. The molecule has 0 unspecified atom stereocenters. The molecule has 1 amide bonds. The van der Waals surface area contributed by atoms with E-state index in [2.05, 4.69) is 6.07 Å². The number of hydrogen-bond donors (Lipinski definition) is 1. The number of aryl methyl sites for hydroxylation is 2. The molecule has 0 aromatic heterocycles. The van der Waals surface area contributed by atoms with Gasteiger partial charge >= 0.3 is 5.97 Å². The van der Waals surface area contributed by atoms with Gasteiger partial charge in [0.1, 0.15) is 0 Å². The van der Waals surface area contributed by atoms with E-state index in [1.165, 1.54) is 17.3 Å². The fourth-order valence-electron chi connectivity index (χ4n) is 2.07. The van der Waals surface area contributed by atoms with E-state index in [0.717, 1.165) is 10.5 Å². The molecule has 0 bridgehead atoms. The van der Waals surface area contributed by atoms with Crippen molar-refractivity contribution in [1.82, 2.24) is 4.90 Å². The molecular weight excluding hydrogens is 286 g/mol. The summed E-state index contributed by atoms with van der Waals surface area (Å²) in [6.45, 7) is 8.14. The van der Waals surface area contributed by atoms with Crippen molar-refractivity contribution >= 4 is 23.6 Å². The van der Waals surface area contributed by atoms with E-state index in [9.17, 15) is 9.59 Å². The number of aliphatic carboxylic acids is 1. The molecule has 0 aliphatic carbocycles. The Morgan fingerprint density at radius 2 is 1.95 bits per heavy atom. The lowest BCUT2D eigenvalue weighted by molar-refractivity contribution is -0.138. The van der Waals surface area contributed by atoms with E-state index >= 15 is 0 Å². The Morgan fingerprint density at radius 1 is 1.29 bits per heavy atom. The van der Waals surface area contributed by atoms with Gasteiger partial charge in [-0.25, -0.2) is 0 Å². The highest BCUT2D eigenvalue weighted by Gasteiger charge is 2.18. The number of carbonyl (C=O) groups is 2. The van der Waals surface area contributed by atoms with Gasteiger partial charge in [0.25, 0.3) is 0 Å². The fourth-order valence-corrected chi connectivity index (χ4v) is 2.97. The first-order chi connectivity index (χ1) is 9.81. The Balaban J connectivity index is 2.62. The number of nitrogens with zero attached hydrogens (tertiary/aromatic N) is 1. The lowest BCUT2D eigenvalue weighted by Crippen LogP contribution is -2.39. The van der Waals surface area contributed by atoms with Crippen LogP contribution in [0.2, 0.25) is 0 Å². The van der Waals surface area contributed by atoms with Gasteiger partial charge in [-0.3, -0.25) is 9.59 Å². The van der Waals surface area contributed by atoms with Crippen LogP contribution in [0.15, 0.2) is 23.1 Å². The molecule has 4 nitrogen and oxygen atoms in total. The molecule has 0 saturated carbocycles. The van der Waals surface area contributed by atoms with Crippen molar-refractivity contribution in [3.05, 3.63) is 29.3 Å². The zero-order valence-electron chi connectivity index (χ0n) is 13.0. The first-order valence-corrected chi connectivity index (χ1v) is 8.01. The van der Waals surface area contributed by atoms with Crippen LogP contribution in [0.25, 0.3) is 0 Å². The molecule has 1 aromatic rings. The third kappa shape index (κ3) is 5.79. The van der Waals surface area contributed by atoms with Gasteiger partial charge in [0, 0.05) is 17.5 Å². The topological polar surface area (TPSA) is 57.6 Å². The van der Waals surface area contributed by atoms with E-state index in [1.54, 1.807) is 4.90 Å². The smallest absolute Gasteiger partial charge is 0.305 e. The predicted octanol–water partition coefficient (Wildman–Crippen LogP) is 3.11. The Labute approximate surface area is 130 Å². The number of thioether (sulfide) groups is 1. The van der Waals surface area contributed by atoms with Crippen LogP contribution < -0.4 is 0 Å². The first-order valence-electron chi connectivity index (χ1n) is 7.02. The van der Waals surface area contributed by atoms with Crippen LogP contribution in [0.4, 0.5) is 0 Å². The van der Waals surface area contributed by atoms with Gasteiger partial charge in [-0.15, -0.1) is 11.8 Å². The van der Waals surface area contributed by atoms with Gasteiger partial charge in [-0.1, -0.05) is 17.7 Å². The quantitative estimate of drug-likeness (QED) is 0.786. The van der Waals surface area contributed by atoms with Crippen molar-refractivity contribution in [2.24, 2.45) is 0 Å². The monoisotopic (exact) mass is 309 g/mol. The summed E-state index contributed by atoms with van der Waals surface area (Å²) in [6.07, 6.45) is -0.0157. The molecule has 1 rings (SSSR count). The molecule has 1 aromatic carbocycles. The van der Waals surface area contributed by atoms with E-state index in [-0.39, 0.29) is 24.9 Å². The highest BCUT2D eigenvalue weighted by molar-refractivity contribution is 8.00. The maximum absolute atomic E-state index is 12.3. The van der Waals surface area contributed by atoms with Crippen LogP contribution in [0.1, 0.15) is 31.4 Å². The number of carbonyl (C=O) groups excluding carboxylic acids is 1. The summed E-state index contributed by atoms with van der Waals surface area (Å²) >= 11 is 1.51. The van der Waals surface area contributed by atoms with Crippen LogP contribution in [-0.4, -0.2) is 40.2 Å². The normalized spacial score (nSPS) is 10.7. The van der Waals surface area contributed by atoms with E-state index in [4.69, 9.17) is 5.11 Å². The second kappa shape index (κ2) is 8.08. The molecule has 0 heterocycles. The molecule has 0 spiro atoms. The standard InChI is InChI=1S/C16H23NO3S/c1-11(2)17(8-7-16(19)20)15(18)10-21-14-6-5-12(3)9-13(14)4/h5-6,9,11H,7-8,10H2,1-4H3,(H,19,20). The Morgan fingerprint density at radius 3 is 2.48 bits per heavy atom. The van der Waals surface area contributed by atoms with Gasteiger partial charge in [-0.2, -0.15) is 0 Å². The van der Waals surface area contributed by atoms with Crippen molar-refractivity contribution < 1.29 is 14.7 Å². The van der Waals surface area contributed by atoms with E-state index < -0.39 is 5.97 Å². The zero-order chi connectivity index (χ0) is 16.0. The summed E-state index contributed by atoms with van der Waals surface area (Å²) < 4.78 is 0. The maximum atomic E-state index is 12.3. The summed E-state index contributed by atoms with van der Waals surface area (Å²) in [4.78, 5) is 25.6. The number of carboxylic acid groups (broad SMARTS) is 1. The van der Waals surface area contributed by atoms with Crippen LogP contribution in [0.3, 0.4) is 0 Å². The second-order valence-electron chi connectivity index (χ2n) is 5.38. The average Bonchev–Trinajstić information content (AvgIpc) is 2.37. The van der Waals surface area contributed by atoms with Crippen molar-refractivity contribution in [2.45, 2.75) is 45.1 Å². The summed E-state index contributed by atoms with van der Waals surface area (Å²) in [7, 11) is 0. The molecule has 0 aliphatic heterocycles. The Bertz CT molecular complexity index is 514. The maximum Gasteiger partial charge on any atom is 0.305 e. The van der Waals surface area contributed by atoms with E-state index in [1.807, 2.05) is 39.8 Å². The lowest BCUT2D eigenvalue weighted by atomic mass is 10.2. The molecule has 1 N–H and O–H groups in total. The minimum Gasteiger partial charge on any atom is -0.481 e. The molecule has 0 radical (unpaired) electrons. The van der Waals surface area contributed by atoms with Crippen molar-refractivity contribution in [1.29, 1.82) is 0 Å². The molecule has 5 heteroatoms. The number of carboxylic acids is 1. The average molecular weight is 309 g/mol. The summed E-state index contributed by atoms with van der Waals surface area (Å²) in [6, 6.07) is 6.16. The summed E-state index contributed by atoms with van der Waals surface area (Å²) in [5.41, 5.74) is 2.36. The summed E-state index contributed by atoms with van der Waals surface area (Å²) in [5, 5.41) is 8.75. The van der Waals surface area contributed by atoms with Gasteiger partial charge in [0.2, 0.25) is 5.91 Å². The van der Waals surface area contributed by atoms with Crippen LogP contribution in [-0.2, 0) is 9.59 Å². The Kier molecular flexibility index (Phi) is 6.75. The molecular formula is C16H23NO3S. The number of rotatable bonds is 7. The first kappa shape index (κ1) is 17.6. The predicted molar refractivity (Wildman–Crippen MR) is 85.7 cm³/mol. The van der Waals surface area contributed by atoms with Gasteiger partial charge in [-0.05, 0) is 39.3 Å². The summed E-state index contributed by atoms with van der Waals surface area (Å²) in [5.74, 6) is -0.562. The minimum atomic E-state index is -0.879. The number of benzene rings is 1. The Hall–Kier alpha value is -1.49. The molecule has 21 heavy (non-hydrogen) atoms. The van der Waals surface area contributed by atoms with Crippen molar-refractivity contribution in [2.75, 3.05) is 12.3 Å². The van der Waals surface area contributed by atoms with Crippen LogP contribution in [0.5, 0.6) is 0 Å². The van der Waals surface area contributed by atoms with Gasteiger partial charge in [0.05, 0.1) is 12.2 Å². The third-order valence-electron chi connectivity index (χ3n) is 3.19. The lowest BCUT2D eigenvalue weighted by Gasteiger charge is -2.26. The zero-order valence-corrected chi connectivity index (χ0v) is 13.9. The fraction of sp³-hybridized carbons (Fsp3) is 0.500. The molecule has 0 fully saturated rings. The molecule has 0 aliphatic rings. The number of amides is 1. The molecule has 116 valence electrons. The third-order valence-corrected chi connectivity index (χ3v) is 4.35. The van der Waals surface area contributed by atoms with Crippen molar-refractivity contribution in [3.63, 3.8) is 0 Å². The highest BCUT2D eigenvalue weighted by atomic mass is 32.2.